The molecular weight excluding hydrogens is 268 g/mol. The molecule has 0 radical (unpaired) electrons. The average molecular weight is 277 g/mol. The van der Waals surface area contributed by atoms with Gasteiger partial charge in [-0.15, -0.1) is 4.73 Å². The highest BCUT2D eigenvalue weighted by Gasteiger charge is 2.14. The zero-order chi connectivity index (χ0) is 11.7. The van der Waals surface area contributed by atoms with Crippen LogP contribution in [-0.4, -0.2) is 15.3 Å². The van der Waals surface area contributed by atoms with E-state index >= 15 is 0 Å². The number of aromatic nitrogens is 2. The maximum absolute atomic E-state index is 11.5. The lowest BCUT2D eigenvalue weighted by Crippen LogP contribution is -2.43. The molecule has 0 amide bonds. The van der Waals surface area contributed by atoms with Crippen molar-refractivity contribution in [1.82, 2.24) is 9.30 Å². The molecule has 6 nitrogen and oxygen atoms in total. The predicted octanol–water partition coefficient (Wildman–Crippen LogP) is -0.407. The summed E-state index contributed by atoms with van der Waals surface area (Å²) >= 11 is 3.02. The van der Waals surface area contributed by atoms with Gasteiger partial charge in [-0.1, -0.05) is 0 Å². The molecule has 0 saturated carbocycles. The molecule has 1 aromatic heterocycles. The highest BCUT2D eigenvalue weighted by atomic mass is 79.9. The second-order valence-electron chi connectivity index (χ2n) is 2.92. The summed E-state index contributed by atoms with van der Waals surface area (Å²) in [5, 5.41) is 0. The lowest BCUT2D eigenvalue weighted by Gasteiger charge is -2.10. The van der Waals surface area contributed by atoms with Gasteiger partial charge in [-0.2, -0.15) is 0 Å². The van der Waals surface area contributed by atoms with Gasteiger partial charge in [-0.25, -0.2) is 9.59 Å². The van der Waals surface area contributed by atoms with Crippen LogP contribution in [0.25, 0.3) is 0 Å². The Morgan fingerprint density at radius 3 is 2.40 bits per heavy atom. The van der Waals surface area contributed by atoms with Crippen molar-refractivity contribution in [3.63, 3.8) is 0 Å². The van der Waals surface area contributed by atoms with Gasteiger partial charge in [0.15, 0.2) is 0 Å². The number of nitrogens with zero attached hydrogens (tertiary/aromatic N) is 2. The fraction of sp³-hybridized carbons (Fsp3) is 0.375. The van der Waals surface area contributed by atoms with Crippen LogP contribution in [0.5, 0.6) is 0 Å². The smallest absolute Gasteiger partial charge is 0.332 e. The summed E-state index contributed by atoms with van der Waals surface area (Å²) in [4.78, 5) is 38.3. The number of carbonyl (C=O) groups excluding carboxylic acids is 1. The van der Waals surface area contributed by atoms with Crippen LogP contribution in [0.15, 0.2) is 14.1 Å². The van der Waals surface area contributed by atoms with E-state index in [0.717, 1.165) is 9.30 Å². The topological polar surface area (TPSA) is 70.3 Å². The Morgan fingerprint density at radius 2 is 1.93 bits per heavy atom. The van der Waals surface area contributed by atoms with Gasteiger partial charge < -0.3 is 4.84 Å². The van der Waals surface area contributed by atoms with E-state index in [1.54, 1.807) is 0 Å². The van der Waals surface area contributed by atoms with Gasteiger partial charge in [0, 0.05) is 14.0 Å². The summed E-state index contributed by atoms with van der Waals surface area (Å²) in [5.41, 5.74) is -0.921. The van der Waals surface area contributed by atoms with E-state index < -0.39 is 17.2 Å². The van der Waals surface area contributed by atoms with Crippen LogP contribution in [-0.2, 0) is 11.8 Å². The molecule has 15 heavy (non-hydrogen) atoms. The van der Waals surface area contributed by atoms with Gasteiger partial charge >= 0.3 is 11.7 Å². The Kier molecular flexibility index (Phi) is 3.13. The monoisotopic (exact) mass is 276 g/mol. The first-order chi connectivity index (χ1) is 6.86. The molecule has 0 fully saturated rings. The van der Waals surface area contributed by atoms with Gasteiger partial charge in [-0.3, -0.25) is 9.36 Å². The maximum atomic E-state index is 11.5. The SMILES string of the molecule is CC(=O)On1c(C)c(Br)c(=O)n(C)c1=O. The van der Waals surface area contributed by atoms with Crippen LogP contribution in [0.1, 0.15) is 12.6 Å². The predicted molar refractivity (Wildman–Crippen MR) is 55.6 cm³/mol. The molecule has 1 heterocycles. The number of rotatable bonds is 1. The van der Waals surface area contributed by atoms with Crippen molar-refractivity contribution < 1.29 is 9.63 Å². The first-order valence-electron chi connectivity index (χ1n) is 4.03. The summed E-state index contributed by atoms with van der Waals surface area (Å²) in [7, 11) is 1.30. The standard InChI is InChI=1S/C8H9BrN2O4/c1-4-6(9)7(13)10(3)8(14)11(4)15-5(2)12/h1-3H3. The van der Waals surface area contributed by atoms with Crippen LogP contribution in [0.3, 0.4) is 0 Å². The summed E-state index contributed by atoms with van der Waals surface area (Å²) in [6.45, 7) is 2.67. The molecule has 0 N–H and O–H groups in total. The minimum Gasteiger partial charge on any atom is -0.332 e. The molecule has 0 unspecified atom stereocenters. The Labute approximate surface area is 93.2 Å². The molecule has 0 atom stereocenters. The molecule has 82 valence electrons. The molecule has 0 aromatic carbocycles. The Hall–Kier alpha value is -1.37. The minimum atomic E-state index is -0.698. The van der Waals surface area contributed by atoms with E-state index in [-0.39, 0.29) is 10.2 Å². The van der Waals surface area contributed by atoms with E-state index in [1.165, 1.54) is 20.9 Å². The lowest BCUT2D eigenvalue weighted by molar-refractivity contribution is -0.142. The van der Waals surface area contributed by atoms with Crippen molar-refractivity contribution in [2.75, 3.05) is 0 Å². The summed E-state index contributed by atoms with van der Waals surface area (Å²) < 4.78 is 1.80. The Morgan fingerprint density at radius 1 is 1.40 bits per heavy atom. The van der Waals surface area contributed by atoms with E-state index in [0.29, 0.717) is 0 Å². The molecule has 7 heteroatoms. The quantitative estimate of drug-likeness (QED) is 0.700. The highest BCUT2D eigenvalue weighted by molar-refractivity contribution is 9.10. The van der Waals surface area contributed by atoms with Crippen LogP contribution < -0.4 is 16.1 Å². The first kappa shape index (κ1) is 11.7. The van der Waals surface area contributed by atoms with Crippen LogP contribution in [0.4, 0.5) is 0 Å². The first-order valence-corrected chi connectivity index (χ1v) is 4.82. The molecule has 0 spiro atoms. The Balaban J connectivity index is 3.60. The highest BCUT2D eigenvalue weighted by Crippen LogP contribution is 2.06. The van der Waals surface area contributed by atoms with Gasteiger partial charge in [-0.05, 0) is 22.9 Å². The largest absolute Gasteiger partial charge is 0.364 e. The fourth-order valence-electron chi connectivity index (χ4n) is 0.994. The third-order valence-corrected chi connectivity index (χ3v) is 2.71. The molecular formula is C8H9BrN2O4. The molecule has 1 aromatic rings. The van der Waals surface area contributed by atoms with E-state index in [1.807, 2.05) is 0 Å². The number of hydrogen-bond acceptors (Lipinski definition) is 4. The van der Waals surface area contributed by atoms with Gasteiger partial charge in [0.25, 0.3) is 5.56 Å². The van der Waals surface area contributed by atoms with Gasteiger partial charge in [0.2, 0.25) is 0 Å². The molecule has 0 aliphatic heterocycles. The number of carbonyl (C=O) groups is 1. The van der Waals surface area contributed by atoms with Crippen molar-refractivity contribution in [2.24, 2.45) is 7.05 Å². The van der Waals surface area contributed by atoms with Crippen molar-refractivity contribution in [3.05, 3.63) is 31.0 Å². The Bertz CT molecular complexity index is 529. The number of halogens is 1. The van der Waals surface area contributed by atoms with E-state index in [2.05, 4.69) is 20.8 Å². The maximum Gasteiger partial charge on any atom is 0.364 e. The van der Waals surface area contributed by atoms with Crippen molar-refractivity contribution in [2.45, 2.75) is 13.8 Å². The molecule has 0 aliphatic carbocycles. The summed E-state index contributed by atoms with van der Waals surface area (Å²) in [6.07, 6.45) is 0. The normalized spacial score (nSPS) is 10.1. The van der Waals surface area contributed by atoms with Crippen LogP contribution in [0.2, 0.25) is 0 Å². The molecule has 0 bridgehead atoms. The van der Waals surface area contributed by atoms with Crippen molar-refractivity contribution in [3.8, 4) is 0 Å². The van der Waals surface area contributed by atoms with Crippen LogP contribution >= 0.6 is 15.9 Å². The van der Waals surface area contributed by atoms with Crippen LogP contribution in [0, 0.1) is 6.92 Å². The summed E-state index contributed by atoms with van der Waals surface area (Å²) in [5.74, 6) is -0.634. The minimum absolute atomic E-state index is 0.186. The molecule has 0 aliphatic rings. The second-order valence-corrected chi connectivity index (χ2v) is 3.72. The average Bonchev–Trinajstić information content (AvgIpc) is 2.18. The van der Waals surface area contributed by atoms with Crippen molar-refractivity contribution in [1.29, 1.82) is 0 Å². The zero-order valence-electron chi connectivity index (χ0n) is 8.41. The van der Waals surface area contributed by atoms with E-state index in [9.17, 15) is 14.4 Å². The zero-order valence-corrected chi connectivity index (χ0v) is 9.99. The second kappa shape index (κ2) is 4.01. The van der Waals surface area contributed by atoms with Gasteiger partial charge in [0.1, 0.15) is 4.47 Å². The lowest BCUT2D eigenvalue weighted by atomic mass is 10.4. The van der Waals surface area contributed by atoms with Gasteiger partial charge in [0.05, 0.1) is 5.69 Å². The molecule has 0 saturated heterocycles. The van der Waals surface area contributed by atoms with Crippen molar-refractivity contribution >= 4 is 21.9 Å². The number of hydrogen-bond donors (Lipinski definition) is 0. The summed E-state index contributed by atoms with van der Waals surface area (Å²) in [6, 6.07) is 0. The third kappa shape index (κ3) is 2.01. The van der Waals surface area contributed by atoms with E-state index in [4.69, 9.17) is 0 Å². The fourth-order valence-corrected chi connectivity index (χ4v) is 1.42. The third-order valence-electron chi connectivity index (χ3n) is 1.80. The molecule has 1 rings (SSSR count).